The van der Waals surface area contributed by atoms with Crippen LogP contribution in [-0.4, -0.2) is 83.7 Å². The van der Waals surface area contributed by atoms with Gasteiger partial charge in [-0.15, -0.1) is 0 Å². The summed E-state index contributed by atoms with van der Waals surface area (Å²) in [5.74, 6) is -3.06. The fourth-order valence-corrected chi connectivity index (χ4v) is 8.14. The number of piperazine rings is 1. The molecule has 0 saturated carbocycles. The van der Waals surface area contributed by atoms with Gasteiger partial charge in [-0.25, -0.2) is 17.6 Å². The summed E-state index contributed by atoms with van der Waals surface area (Å²) in [6, 6.07) is 6.99. The van der Waals surface area contributed by atoms with E-state index < -0.39 is 34.9 Å². The van der Waals surface area contributed by atoms with E-state index in [4.69, 9.17) is 9.47 Å². The summed E-state index contributed by atoms with van der Waals surface area (Å²) >= 11 is 0. The summed E-state index contributed by atoms with van der Waals surface area (Å²) in [6.07, 6.45) is 2.95. The van der Waals surface area contributed by atoms with Gasteiger partial charge in [-0.2, -0.15) is 9.97 Å². The van der Waals surface area contributed by atoms with Gasteiger partial charge in [0.2, 0.25) is 0 Å². The fraction of sp³-hybridized carbons (Fsp3) is 0.455. The number of alkyl halides is 1. The van der Waals surface area contributed by atoms with Crippen molar-refractivity contribution in [3.8, 4) is 28.6 Å². The predicted octanol–water partition coefficient (Wildman–Crippen LogP) is 5.48. The summed E-state index contributed by atoms with van der Waals surface area (Å²) in [6.45, 7) is 2.27. The van der Waals surface area contributed by atoms with Crippen LogP contribution in [0, 0.1) is 17.5 Å². The predicted molar refractivity (Wildman–Crippen MR) is 161 cm³/mol. The molecule has 3 aromatic carbocycles. The minimum Gasteiger partial charge on any atom is -0.508 e. The highest BCUT2D eigenvalue weighted by Gasteiger charge is 2.49. The summed E-state index contributed by atoms with van der Waals surface area (Å²) in [7, 11) is 1.21. The van der Waals surface area contributed by atoms with Crippen LogP contribution in [0.15, 0.2) is 30.3 Å². The Morgan fingerprint density at radius 1 is 1.04 bits per heavy atom. The van der Waals surface area contributed by atoms with E-state index in [9.17, 15) is 9.50 Å². The standard InChI is InChI=1S/C33H33F4N5O3/c1-44-30-25(22-11-21(43)10-17-4-2-5-23(35)24(17)22)27(36)29-26(28(30)37)31(41-14-19-6-7-20(15-41)38-19)40-32(39-29)45-16-33-8-3-9-42(33)13-18(34)12-33/h2,4-5,10-11,18-20,38,43H,3,6-9,12-16H2,1H3/t18-,19?,20?,33+/m1/s1. The number of benzene rings is 3. The lowest BCUT2D eigenvalue weighted by atomic mass is 9.94. The molecule has 0 amide bonds. The maximum atomic E-state index is 17.0. The van der Waals surface area contributed by atoms with Crippen LogP contribution in [0.5, 0.6) is 17.5 Å². The second-order valence-corrected chi connectivity index (χ2v) is 12.8. The molecule has 4 aromatic rings. The molecule has 236 valence electrons. The Hall–Kier alpha value is -3.90. The number of ether oxygens (including phenoxy) is 2. The van der Waals surface area contributed by atoms with E-state index in [0.717, 1.165) is 32.2 Å². The Morgan fingerprint density at radius 3 is 2.62 bits per heavy atom. The lowest BCUT2D eigenvalue weighted by Crippen LogP contribution is -2.51. The number of aromatic nitrogens is 2. The lowest BCUT2D eigenvalue weighted by molar-refractivity contribution is 0.107. The van der Waals surface area contributed by atoms with E-state index in [-0.39, 0.29) is 63.7 Å². The van der Waals surface area contributed by atoms with E-state index in [2.05, 4.69) is 20.2 Å². The molecule has 8 rings (SSSR count). The van der Waals surface area contributed by atoms with E-state index in [1.165, 1.54) is 31.4 Å². The Balaban J connectivity index is 1.33. The van der Waals surface area contributed by atoms with E-state index in [1.807, 2.05) is 4.90 Å². The molecule has 4 atom stereocenters. The van der Waals surface area contributed by atoms with Gasteiger partial charge in [-0.1, -0.05) is 12.1 Å². The van der Waals surface area contributed by atoms with Crippen molar-refractivity contribution in [2.24, 2.45) is 0 Å². The number of phenols is 1. The first kappa shape index (κ1) is 28.6. The molecular formula is C33H33F4N5O3. The topological polar surface area (TPSA) is 83.0 Å². The molecule has 4 saturated heterocycles. The van der Waals surface area contributed by atoms with Crippen molar-refractivity contribution >= 4 is 27.5 Å². The Kier molecular flexibility index (Phi) is 6.72. The van der Waals surface area contributed by atoms with Gasteiger partial charge < -0.3 is 24.8 Å². The summed E-state index contributed by atoms with van der Waals surface area (Å²) in [5.41, 5.74) is -1.31. The quantitative estimate of drug-likeness (QED) is 0.274. The zero-order valence-corrected chi connectivity index (χ0v) is 24.8. The van der Waals surface area contributed by atoms with Gasteiger partial charge in [0.15, 0.2) is 17.4 Å². The third kappa shape index (κ3) is 4.55. The van der Waals surface area contributed by atoms with Crippen LogP contribution in [0.1, 0.15) is 32.1 Å². The number of halogens is 4. The highest BCUT2D eigenvalue weighted by atomic mass is 19.1. The molecule has 4 aliphatic rings. The number of fused-ring (bicyclic) bond motifs is 5. The van der Waals surface area contributed by atoms with Crippen molar-refractivity contribution in [2.45, 2.75) is 55.9 Å². The second kappa shape index (κ2) is 10.6. The van der Waals surface area contributed by atoms with Crippen LogP contribution in [0.2, 0.25) is 0 Å². The minimum absolute atomic E-state index is 0.00174. The largest absolute Gasteiger partial charge is 0.508 e. The van der Waals surface area contributed by atoms with Crippen LogP contribution < -0.4 is 19.7 Å². The zero-order valence-electron chi connectivity index (χ0n) is 24.8. The van der Waals surface area contributed by atoms with Crippen molar-refractivity contribution in [3.05, 3.63) is 47.8 Å². The Labute approximate surface area is 256 Å². The summed E-state index contributed by atoms with van der Waals surface area (Å²) < 4.78 is 75.1. The molecule has 12 heteroatoms. The van der Waals surface area contributed by atoms with Crippen LogP contribution in [-0.2, 0) is 0 Å². The number of methoxy groups -OCH3 is 1. The summed E-state index contributed by atoms with van der Waals surface area (Å²) in [4.78, 5) is 13.1. The van der Waals surface area contributed by atoms with Gasteiger partial charge in [0.05, 0.1) is 23.6 Å². The highest BCUT2D eigenvalue weighted by Crippen LogP contribution is 2.47. The third-order valence-corrected chi connectivity index (χ3v) is 10.1. The average molecular weight is 624 g/mol. The van der Waals surface area contributed by atoms with Crippen molar-refractivity contribution in [2.75, 3.05) is 44.8 Å². The van der Waals surface area contributed by atoms with Gasteiger partial charge in [-0.3, -0.25) is 4.90 Å². The van der Waals surface area contributed by atoms with Gasteiger partial charge in [-0.05, 0) is 55.8 Å². The second-order valence-electron chi connectivity index (χ2n) is 12.8. The van der Waals surface area contributed by atoms with Crippen LogP contribution in [0.25, 0.3) is 32.8 Å². The molecule has 2 N–H and O–H groups in total. The van der Waals surface area contributed by atoms with E-state index in [1.54, 1.807) is 6.07 Å². The van der Waals surface area contributed by atoms with Gasteiger partial charge in [0.25, 0.3) is 0 Å². The molecule has 4 fully saturated rings. The molecule has 0 radical (unpaired) electrons. The highest BCUT2D eigenvalue weighted by molar-refractivity contribution is 6.04. The molecule has 2 bridgehead atoms. The van der Waals surface area contributed by atoms with E-state index >= 15 is 13.2 Å². The molecular weight excluding hydrogens is 590 g/mol. The van der Waals surface area contributed by atoms with Crippen LogP contribution in [0.4, 0.5) is 23.4 Å². The number of phenolic OH excluding ortho intramolecular Hbond substituents is 1. The van der Waals surface area contributed by atoms with Gasteiger partial charge >= 0.3 is 6.01 Å². The van der Waals surface area contributed by atoms with Crippen molar-refractivity contribution in [3.63, 3.8) is 0 Å². The molecule has 8 nitrogen and oxygen atoms in total. The monoisotopic (exact) mass is 623 g/mol. The minimum atomic E-state index is -0.963. The Bertz CT molecular complexity index is 1830. The smallest absolute Gasteiger partial charge is 0.319 e. The SMILES string of the molecule is COc1c(-c2cc(O)cc3cccc(F)c23)c(F)c2nc(OC[C@@]34CCCN3C[C@H](F)C4)nc(N3CC4CCC(C3)N4)c2c1F. The van der Waals surface area contributed by atoms with Crippen molar-refractivity contribution < 1.29 is 32.1 Å². The Morgan fingerprint density at radius 2 is 1.84 bits per heavy atom. The zero-order chi connectivity index (χ0) is 31.0. The number of hydrogen-bond acceptors (Lipinski definition) is 8. The first-order chi connectivity index (χ1) is 21.7. The molecule has 0 aliphatic carbocycles. The van der Waals surface area contributed by atoms with Gasteiger partial charge in [0, 0.05) is 49.1 Å². The molecule has 4 aliphatic heterocycles. The normalized spacial score (nSPS) is 26.2. The number of rotatable bonds is 6. The number of aromatic hydroxyl groups is 1. The molecule has 2 unspecified atom stereocenters. The first-order valence-electron chi connectivity index (χ1n) is 15.5. The number of nitrogens with one attached hydrogen (secondary N) is 1. The van der Waals surface area contributed by atoms with Crippen LogP contribution in [0.3, 0.4) is 0 Å². The first-order valence-corrected chi connectivity index (χ1v) is 15.5. The molecule has 0 spiro atoms. The van der Waals surface area contributed by atoms with E-state index in [0.29, 0.717) is 31.4 Å². The molecule has 5 heterocycles. The lowest BCUT2D eigenvalue weighted by Gasteiger charge is -2.35. The maximum Gasteiger partial charge on any atom is 0.319 e. The summed E-state index contributed by atoms with van der Waals surface area (Å²) in [5, 5.41) is 14.2. The van der Waals surface area contributed by atoms with Crippen molar-refractivity contribution in [1.82, 2.24) is 20.2 Å². The maximum absolute atomic E-state index is 17.0. The molecule has 1 aromatic heterocycles. The number of nitrogens with zero attached hydrogens (tertiary/aromatic N) is 4. The van der Waals surface area contributed by atoms with Crippen molar-refractivity contribution in [1.29, 1.82) is 0 Å². The van der Waals surface area contributed by atoms with Gasteiger partial charge in [0.1, 0.15) is 35.7 Å². The average Bonchev–Trinajstić information content (AvgIpc) is 3.67. The van der Waals surface area contributed by atoms with Crippen LogP contribution >= 0.6 is 0 Å². The number of hydrogen-bond donors (Lipinski definition) is 2. The molecule has 45 heavy (non-hydrogen) atoms. The fourth-order valence-electron chi connectivity index (χ4n) is 8.14. The number of anilines is 1. The third-order valence-electron chi connectivity index (χ3n) is 10.1.